The number of carbonyl (C=O) groups excluding carboxylic acids is 3. The normalized spacial score (nSPS) is 13.7. The maximum Gasteiger partial charge on any atom is 0.471 e. The minimum Gasteiger partial charge on any atom is -0.488 e. The monoisotopic (exact) mass is 375 g/mol. The number of fused-ring (bicyclic) bond motifs is 1. The van der Waals surface area contributed by atoms with Crippen LogP contribution in [0.1, 0.15) is 21.5 Å². The highest BCUT2D eigenvalue weighted by molar-refractivity contribution is 6.50. The molecule has 27 heavy (non-hydrogen) atoms. The predicted molar refractivity (Wildman–Crippen MR) is 89.7 cm³/mol. The second-order valence-corrected chi connectivity index (χ2v) is 5.69. The second-order valence-electron chi connectivity index (χ2n) is 5.69. The molecule has 1 aliphatic rings. The van der Waals surface area contributed by atoms with E-state index in [-0.39, 0.29) is 23.6 Å². The van der Waals surface area contributed by atoms with Crippen molar-refractivity contribution < 1.29 is 32.3 Å². The summed E-state index contributed by atoms with van der Waals surface area (Å²) in [5.74, 6) is -3.22. The highest BCUT2D eigenvalue weighted by Crippen LogP contribution is 2.27. The first kappa shape index (κ1) is 18.4. The van der Waals surface area contributed by atoms with Gasteiger partial charge in [0.1, 0.15) is 12.4 Å². The lowest BCUT2D eigenvalue weighted by atomic mass is 9.94. The third-order valence-corrected chi connectivity index (χ3v) is 3.76. The lowest BCUT2D eigenvalue weighted by Crippen LogP contribution is -2.29. The number of carbonyl (C=O) groups is 3. The summed E-state index contributed by atoms with van der Waals surface area (Å²) in [7, 11) is 0. The molecule has 0 saturated heterocycles. The lowest BCUT2D eigenvalue weighted by Gasteiger charge is -2.17. The molecule has 138 valence electrons. The molecular weight excluding hydrogens is 363 g/mol. The van der Waals surface area contributed by atoms with Crippen LogP contribution in [-0.2, 0) is 20.9 Å². The number of rotatable bonds is 4. The van der Waals surface area contributed by atoms with Gasteiger partial charge >= 0.3 is 12.1 Å². The molecule has 1 aliphatic carbocycles. The number of halogens is 3. The minimum atomic E-state index is -4.99. The average Bonchev–Trinajstić information content (AvgIpc) is 2.63. The molecule has 8 heteroatoms. The van der Waals surface area contributed by atoms with E-state index < -0.39 is 23.6 Å². The number of anilines is 1. The fourth-order valence-corrected chi connectivity index (χ4v) is 2.51. The van der Waals surface area contributed by atoms with Crippen LogP contribution in [0.4, 0.5) is 18.9 Å². The molecule has 2 aromatic carbocycles. The predicted octanol–water partition coefficient (Wildman–Crippen LogP) is 3.51. The van der Waals surface area contributed by atoms with Gasteiger partial charge in [0, 0.05) is 22.9 Å². The number of Topliss-reactive ketones (excluding diaryl/α,β-unsaturated/α-hetero) is 1. The Hall–Kier alpha value is -3.42. The quantitative estimate of drug-likeness (QED) is 0.830. The zero-order chi connectivity index (χ0) is 19.6. The Morgan fingerprint density at radius 3 is 2.41 bits per heavy atom. The number of benzene rings is 2. The molecule has 1 N–H and O–H groups in total. The summed E-state index contributed by atoms with van der Waals surface area (Å²) in [5.41, 5.74) is 1.12. The maximum atomic E-state index is 12.3. The number of nitrogens with one attached hydrogen (secondary N) is 1. The van der Waals surface area contributed by atoms with E-state index in [0.29, 0.717) is 11.1 Å². The molecule has 0 atom stereocenters. The van der Waals surface area contributed by atoms with Gasteiger partial charge < -0.3 is 10.1 Å². The molecule has 0 radical (unpaired) electrons. The SMILES string of the molecule is O=C1C=C(OCc2cccc(NC(=O)C(F)(F)F)c2)c2ccccc2C1=O. The van der Waals surface area contributed by atoms with Crippen molar-refractivity contribution in [1.29, 1.82) is 0 Å². The molecule has 2 aromatic rings. The summed E-state index contributed by atoms with van der Waals surface area (Å²) < 4.78 is 42.6. The van der Waals surface area contributed by atoms with Gasteiger partial charge in [0.05, 0.1) is 0 Å². The minimum absolute atomic E-state index is 0.0392. The highest BCUT2D eigenvalue weighted by atomic mass is 19.4. The van der Waals surface area contributed by atoms with Crippen LogP contribution in [-0.4, -0.2) is 23.6 Å². The summed E-state index contributed by atoms with van der Waals surface area (Å²) in [6.45, 7) is -0.0721. The smallest absolute Gasteiger partial charge is 0.471 e. The van der Waals surface area contributed by atoms with Crippen molar-refractivity contribution in [1.82, 2.24) is 0 Å². The van der Waals surface area contributed by atoms with E-state index in [1.54, 1.807) is 29.6 Å². The highest BCUT2D eigenvalue weighted by Gasteiger charge is 2.38. The zero-order valence-electron chi connectivity index (χ0n) is 13.7. The number of hydrogen-bond acceptors (Lipinski definition) is 4. The average molecular weight is 375 g/mol. The van der Waals surface area contributed by atoms with Crippen LogP contribution in [0, 0.1) is 0 Å². The van der Waals surface area contributed by atoms with E-state index in [4.69, 9.17) is 4.74 Å². The molecule has 1 amide bonds. The first-order valence-electron chi connectivity index (χ1n) is 7.75. The van der Waals surface area contributed by atoms with E-state index in [2.05, 4.69) is 0 Å². The third-order valence-electron chi connectivity index (χ3n) is 3.76. The van der Waals surface area contributed by atoms with E-state index in [1.807, 2.05) is 0 Å². The van der Waals surface area contributed by atoms with E-state index in [1.165, 1.54) is 24.3 Å². The summed E-state index contributed by atoms with van der Waals surface area (Å²) in [6, 6.07) is 12.1. The fourth-order valence-electron chi connectivity index (χ4n) is 2.51. The molecule has 0 bridgehead atoms. The lowest BCUT2D eigenvalue weighted by molar-refractivity contribution is -0.167. The molecule has 0 saturated carbocycles. The number of alkyl halides is 3. The van der Waals surface area contributed by atoms with Gasteiger partial charge in [-0.2, -0.15) is 13.2 Å². The van der Waals surface area contributed by atoms with Crippen LogP contribution >= 0.6 is 0 Å². The summed E-state index contributed by atoms with van der Waals surface area (Å²) in [5, 5.41) is 1.76. The second kappa shape index (κ2) is 7.06. The first-order valence-corrected chi connectivity index (χ1v) is 7.75. The molecule has 0 fully saturated rings. The van der Waals surface area contributed by atoms with Crippen LogP contribution in [0.25, 0.3) is 5.76 Å². The van der Waals surface area contributed by atoms with Gasteiger partial charge in [-0.1, -0.05) is 36.4 Å². The van der Waals surface area contributed by atoms with Crippen LogP contribution in [0.2, 0.25) is 0 Å². The topological polar surface area (TPSA) is 72.5 Å². The van der Waals surface area contributed by atoms with Gasteiger partial charge in [0.15, 0.2) is 0 Å². The molecule has 0 spiro atoms. The Labute approximate surface area is 151 Å². The molecular formula is C19H12F3NO4. The van der Waals surface area contributed by atoms with E-state index >= 15 is 0 Å². The number of ketones is 2. The third kappa shape index (κ3) is 4.05. The zero-order valence-corrected chi connectivity index (χ0v) is 13.7. The Kier molecular flexibility index (Phi) is 4.81. The van der Waals surface area contributed by atoms with E-state index in [9.17, 15) is 27.6 Å². The number of ether oxygens (including phenoxy) is 1. The number of amides is 1. The Balaban J connectivity index is 1.75. The molecule has 0 aromatic heterocycles. The fraction of sp³-hybridized carbons (Fsp3) is 0.105. The van der Waals surface area contributed by atoms with Crippen molar-refractivity contribution in [2.24, 2.45) is 0 Å². The standard InChI is InChI=1S/C19H12F3NO4/c20-19(21,22)18(26)23-12-5-3-4-11(8-12)10-27-16-9-15(24)17(25)14-7-2-1-6-13(14)16/h1-9H,10H2,(H,23,26). The largest absolute Gasteiger partial charge is 0.488 e. The van der Waals surface area contributed by atoms with Gasteiger partial charge in [-0.15, -0.1) is 0 Å². The van der Waals surface area contributed by atoms with Crippen molar-refractivity contribution in [2.75, 3.05) is 5.32 Å². The molecule has 5 nitrogen and oxygen atoms in total. The van der Waals surface area contributed by atoms with Crippen molar-refractivity contribution in [3.63, 3.8) is 0 Å². The molecule has 3 rings (SSSR count). The van der Waals surface area contributed by atoms with Gasteiger partial charge in [-0.05, 0) is 17.7 Å². The number of allylic oxidation sites excluding steroid dienone is 1. The Morgan fingerprint density at radius 2 is 1.70 bits per heavy atom. The van der Waals surface area contributed by atoms with Crippen LogP contribution in [0.3, 0.4) is 0 Å². The van der Waals surface area contributed by atoms with Gasteiger partial charge in [-0.25, -0.2) is 0 Å². The van der Waals surface area contributed by atoms with E-state index in [0.717, 1.165) is 6.08 Å². The van der Waals surface area contributed by atoms with Crippen molar-refractivity contribution in [2.45, 2.75) is 12.8 Å². The molecule has 0 heterocycles. The van der Waals surface area contributed by atoms with Crippen molar-refractivity contribution in [3.05, 3.63) is 71.3 Å². The van der Waals surface area contributed by atoms with Gasteiger partial charge in [0.2, 0.25) is 11.6 Å². The van der Waals surface area contributed by atoms with Gasteiger partial charge in [-0.3, -0.25) is 14.4 Å². The summed E-state index contributed by atoms with van der Waals surface area (Å²) in [4.78, 5) is 34.7. The van der Waals surface area contributed by atoms with Crippen LogP contribution < -0.4 is 5.32 Å². The van der Waals surface area contributed by atoms with Crippen molar-refractivity contribution in [3.8, 4) is 0 Å². The summed E-state index contributed by atoms with van der Waals surface area (Å²) in [6.07, 6.45) is -3.91. The van der Waals surface area contributed by atoms with Crippen molar-refractivity contribution >= 4 is 28.9 Å². The van der Waals surface area contributed by atoms with Gasteiger partial charge in [0.25, 0.3) is 0 Å². The molecule has 0 aliphatic heterocycles. The number of hydrogen-bond donors (Lipinski definition) is 1. The first-order chi connectivity index (χ1) is 12.8. The van der Waals surface area contributed by atoms with Crippen LogP contribution in [0.5, 0.6) is 0 Å². The Bertz CT molecular complexity index is 963. The summed E-state index contributed by atoms with van der Waals surface area (Å²) >= 11 is 0. The Morgan fingerprint density at radius 1 is 1.00 bits per heavy atom. The van der Waals surface area contributed by atoms with Crippen LogP contribution in [0.15, 0.2) is 54.6 Å². The maximum absolute atomic E-state index is 12.3. The molecule has 0 unspecified atom stereocenters.